The van der Waals surface area contributed by atoms with Crippen LogP contribution in [0.4, 0.5) is 0 Å². The van der Waals surface area contributed by atoms with Crippen LogP contribution >= 0.6 is 35.0 Å². The minimum Gasteiger partial charge on any atom is -0.489 e. The van der Waals surface area contributed by atoms with Gasteiger partial charge < -0.3 is 9.64 Å². The van der Waals surface area contributed by atoms with Crippen LogP contribution in [0.5, 0.6) is 5.75 Å². The molecule has 1 amide bonds. The number of amides is 1. The van der Waals surface area contributed by atoms with Crippen molar-refractivity contribution in [2.75, 3.05) is 12.3 Å². The van der Waals surface area contributed by atoms with Gasteiger partial charge in [-0.05, 0) is 73.2 Å². The maximum atomic E-state index is 13.6. The minimum atomic E-state index is -3.38. The fourth-order valence-corrected chi connectivity index (χ4v) is 9.50. The number of hydrogen-bond donors (Lipinski definition) is 1. The predicted molar refractivity (Wildman–Crippen MR) is 155 cm³/mol. The predicted octanol–water partition coefficient (Wildman–Crippen LogP) is 5.80. The Balaban J connectivity index is 1.31. The lowest BCUT2D eigenvalue weighted by Crippen LogP contribution is -2.51. The van der Waals surface area contributed by atoms with E-state index in [9.17, 15) is 13.2 Å². The van der Waals surface area contributed by atoms with Crippen molar-refractivity contribution < 1.29 is 17.9 Å². The van der Waals surface area contributed by atoms with Crippen molar-refractivity contribution in [1.82, 2.24) is 9.62 Å². The number of nitrogens with one attached hydrogen (secondary N) is 1. The molecule has 3 atom stereocenters. The highest BCUT2D eigenvalue weighted by molar-refractivity contribution is 8.00. The molecule has 6 nitrogen and oxygen atoms in total. The van der Waals surface area contributed by atoms with Gasteiger partial charge in [-0.25, -0.2) is 13.1 Å². The maximum absolute atomic E-state index is 13.6. The summed E-state index contributed by atoms with van der Waals surface area (Å²) in [6.45, 7) is 0.855. The molecular weight excluding hydrogens is 575 g/mol. The molecule has 0 radical (unpaired) electrons. The van der Waals surface area contributed by atoms with E-state index in [2.05, 4.69) is 29.0 Å². The van der Waals surface area contributed by atoms with Gasteiger partial charge in [0.05, 0.1) is 16.5 Å². The third kappa shape index (κ3) is 5.18. The van der Waals surface area contributed by atoms with Crippen molar-refractivity contribution in [2.24, 2.45) is 0 Å². The van der Waals surface area contributed by atoms with Crippen molar-refractivity contribution in [2.45, 2.75) is 54.0 Å². The number of nitrogens with zero attached hydrogens (tertiary/aromatic N) is 1. The Morgan fingerprint density at radius 3 is 2.54 bits per heavy atom. The van der Waals surface area contributed by atoms with Gasteiger partial charge in [-0.3, -0.25) is 4.79 Å². The summed E-state index contributed by atoms with van der Waals surface area (Å²) in [4.78, 5) is 16.6. The van der Waals surface area contributed by atoms with Crippen LogP contribution in [-0.2, 0) is 32.6 Å². The molecule has 2 fully saturated rings. The van der Waals surface area contributed by atoms with E-state index in [1.807, 2.05) is 35.2 Å². The second kappa shape index (κ2) is 10.6. The van der Waals surface area contributed by atoms with Crippen LogP contribution in [0.25, 0.3) is 0 Å². The second-order valence-corrected chi connectivity index (χ2v) is 14.3. The molecule has 3 aromatic carbocycles. The molecule has 0 aromatic heterocycles. The highest BCUT2D eigenvalue weighted by Gasteiger charge is 2.54. The number of carbonyl (C=O) groups is 1. The highest BCUT2D eigenvalue weighted by Crippen LogP contribution is 2.56. The summed E-state index contributed by atoms with van der Waals surface area (Å²) in [5, 5.41) is 1.14. The lowest BCUT2D eigenvalue weighted by atomic mass is 9.78. The van der Waals surface area contributed by atoms with Gasteiger partial charge >= 0.3 is 0 Å². The lowest BCUT2D eigenvalue weighted by Gasteiger charge is -2.43. The first-order valence-corrected chi connectivity index (χ1v) is 16.2. The zero-order valence-electron chi connectivity index (χ0n) is 21.1. The van der Waals surface area contributed by atoms with Crippen LogP contribution in [0.2, 0.25) is 10.0 Å². The molecule has 39 heavy (non-hydrogen) atoms. The number of benzene rings is 3. The first-order chi connectivity index (χ1) is 18.8. The van der Waals surface area contributed by atoms with Gasteiger partial charge in [0.2, 0.25) is 15.9 Å². The molecule has 204 valence electrons. The first kappa shape index (κ1) is 27.0. The molecule has 1 aliphatic carbocycles. The number of thioether (sulfide) groups is 1. The summed E-state index contributed by atoms with van der Waals surface area (Å²) in [5.74, 6) is 0.627. The molecule has 2 aliphatic heterocycles. The van der Waals surface area contributed by atoms with Crippen LogP contribution in [0, 0.1) is 0 Å². The molecule has 0 spiro atoms. The lowest BCUT2D eigenvalue weighted by molar-refractivity contribution is -0.134. The normalized spacial score (nSPS) is 25.2. The first-order valence-electron chi connectivity index (χ1n) is 13.0. The van der Waals surface area contributed by atoms with Crippen LogP contribution in [-0.4, -0.2) is 43.6 Å². The summed E-state index contributed by atoms with van der Waals surface area (Å²) < 4.78 is 32.4. The Hall–Kier alpha value is -2.23. The molecule has 0 saturated carbocycles. The fraction of sp³-hybridized carbons (Fsp3) is 0.345. The molecular formula is C29H28Cl2N2O4S2. The molecule has 0 bridgehead atoms. The van der Waals surface area contributed by atoms with E-state index in [0.29, 0.717) is 23.0 Å². The number of rotatable bonds is 6. The number of fused-ring (bicyclic) bond motifs is 3. The van der Waals surface area contributed by atoms with E-state index >= 15 is 0 Å². The van der Waals surface area contributed by atoms with Crippen molar-refractivity contribution >= 4 is 50.9 Å². The number of carbonyl (C=O) groups excluding carboxylic acids is 1. The van der Waals surface area contributed by atoms with Crippen LogP contribution in [0.15, 0.2) is 71.6 Å². The average molecular weight is 604 g/mol. The van der Waals surface area contributed by atoms with E-state index in [1.54, 1.807) is 23.9 Å². The van der Waals surface area contributed by atoms with Gasteiger partial charge in [0.15, 0.2) is 0 Å². The molecule has 10 heteroatoms. The van der Waals surface area contributed by atoms with E-state index in [-0.39, 0.29) is 29.1 Å². The van der Waals surface area contributed by atoms with Crippen molar-refractivity contribution in [1.29, 1.82) is 0 Å². The highest BCUT2D eigenvalue weighted by atomic mass is 35.5. The van der Waals surface area contributed by atoms with Crippen LogP contribution in [0.3, 0.4) is 0 Å². The Morgan fingerprint density at radius 2 is 1.82 bits per heavy atom. The van der Waals surface area contributed by atoms with E-state index in [0.717, 1.165) is 35.5 Å². The summed E-state index contributed by atoms with van der Waals surface area (Å²) >= 11 is 14.5. The maximum Gasteiger partial charge on any atom is 0.241 e. The van der Waals surface area contributed by atoms with Gasteiger partial charge in [0.25, 0.3) is 0 Å². The third-order valence-electron chi connectivity index (χ3n) is 7.92. The minimum absolute atomic E-state index is 0.00314. The van der Waals surface area contributed by atoms with Gasteiger partial charge in [0, 0.05) is 27.0 Å². The van der Waals surface area contributed by atoms with Crippen molar-refractivity contribution in [3.05, 3.63) is 93.5 Å². The number of likely N-dealkylation sites (tertiary alicyclic amines) is 1. The average Bonchev–Trinajstić information content (AvgIpc) is 3.48. The van der Waals surface area contributed by atoms with Crippen molar-refractivity contribution in [3.8, 4) is 5.75 Å². The monoisotopic (exact) mass is 602 g/mol. The smallest absolute Gasteiger partial charge is 0.241 e. The number of hydrogen-bond acceptors (Lipinski definition) is 5. The zero-order chi connectivity index (χ0) is 27.2. The quantitative estimate of drug-likeness (QED) is 0.386. The zero-order valence-corrected chi connectivity index (χ0v) is 24.3. The number of ether oxygens (including phenoxy) is 1. The molecule has 3 aliphatic rings. The topological polar surface area (TPSA) is 75.7 Å². The third-order valence-corrected chi connectivity index (χ3v) is 11.6. The fourth-order valence-electron chi connectivity index (χ4n) is 6.08. The summed E-state index contributed by atoms with van der Waals surface area (Å²) in [7, 11) is -3.38. The standard InChI is InChI=1S/C29H28Cl2N2O4S2/c30-24-7-4-8-25(31)22(24)18-37-20-10-11-23-19(17-20)9-12-27-29(23,38-21-5-2-1-3-6-21)14-15-33(27)28(34)26-13-16-39(35,36)32-26/h1-8,10-11,17,26-27,32H,9,12-16,18H2. The van der Waals surface area contributed by atoms with Gasteiger partial charge in [-0.2, -0.15) is 0 Å². The number of sulfonamides is 1. The summed E-state index contributed by atoms with van der Waals surface area (Å²) in [6.07, 6.45) is 2.68. The van der Waals surface area contributed by atoms with Gasteiger partial charge in [0.1, 0.15) is 18.4 Å². The Bertz CT molecular complexity index is 1500. The summed E-state index contributed by atoms with van der Waals surface area (Å²) in [6, 6.07) is 21.2. The van der Waals surface area contributed by atoms with Crippen molar-refractivity contribution in [3.63, 3.8) is 0 Å². The second-order valence-electron chi connectivity index (χ2n) is 10.2. The SMILES string of the molecule is O=C(C1CCS(=O)(=O)N1)N1CCC2(Sc3ccccc3)c3ccc(OCc4c(Cl)cccc4Cl)cc3CCC12. The van der Waals surface area contributed by atoms with E-state index in [1.165, 1.54) is 11.1 Å². The summed E-state index contributed by atoms with van der Waals surface area (Å²) in [5.41, 5.74) is 3.16. The molecule has 6 rings (SSSR count). The van der Waals surface area contributed by atoms with E-state index < -0.39 is 16.1 Å². The Morgan fingerprint density at radius 1 is 1.05 bits per heavy atom. The molecule has 3 unspecified atom stereocenters. The van der Waals surface area contributed by atoms with Gasteiger partial charge in [-0.15, -0.1) is 11.8 Å². The Kier molecular flexibility index (Phi) is 7.35. The largest absolute Gasteiger partial charge is 0.489 e. The molecule has 3 aromatic rings. The van der Waals surface area contributed by atoms with Crippen LogP contribution in [0.1, 0.15) is 36.0 Å². The number of aryl methyl sites for hydroxylation is 1. The molecule has 2 saturated heterocycles. The number of halogens is 2. The van der Waals surface area contributed by atoms with Gasteiger partial charge in [-0.1, -0.05) is 53.5 Å². The van der Waals surface area contributed by atoms with E-state index in [4.69, 9.17) is 27.9 Å². The van der Waals surface area contributed by atoms with Crippen LogP contribution < -0.4 is 9.46 Å². The Labute approximate surface area is 243 Å². The molecule has 1 N–H and O–H groups in total. The molecule has 2 heterocycles.